The van der Waals surface area contributed by atoms with Gasteiger partial charge in [0, 0.05) is 45.5 Å². The molecule has 0 N–H and O–H groups in total. The highest BCUT2D eigenvalue weighted by Crippen LogP contribution is 2.49. The van der Waals surface area contributed by atoms with Crippen LogP contribution in [0.2, 0.25) is 0 Å². The quantitative estimate of drug-likeness (QED) is 0.162. The number of para-hydroxylation sites is 4. The highest BCUT2D eigenvalue weighted by Gasteiger charge is 2.43. The van der Waals surface area contributed by atoms with E-state index in [0.29, 0.717) is 0 Å². The zero-order valence-electron chi connectivity index (χ0n) is 29.3. The van der Waals surface area contributed by atoms with Gasteiger partial charge in [-0.1, -0.05) is 91.0 Å². The number of rotatable bonds is 6. The number of benzene rings is 6. The summed E-state index contributed by atoms with van der Waals surface area (Å²) in [5, 5.41) is 0. The van der Waals surface area contributed by atoms with Crippen LogP contribution in [-0.4, -0.2) is 25.5 Å². The second kappa shape index (κ2) is 12.6. The van der Waals surface area contributed by atoms with Crippen LogP contribution in [0.5, 0.6) is 0 Å². The van der Waals surface area contributed by atoms with Gasteiger partial charge in [-0.3, -0.25) is 0 Å². The SMILES string of the molecule is CS(C)(C)c1ccc(N(c2ccccc2)c2cc3c4c(c2)N(c2ccccc2)c2ccccc2B4c2ccccc2N3C2=CC=CCC=C2)cc1. The van der Waals surface area contributed by atoms with E-state index in [2.05, 4.69) is 209 Å². The van der Waals surface area contributed by atoms with Gasteiger partial charge in [0.1, 0.15) is 0 Å². The Bertz CT molecular complexity index is 2340. The van der Waals surface area contributed by atoms with Crippen molar-refractivity contribution in [2.75, 3.05) is 33.5 Å². The third-order valence-electron chi connectivity index (χ3n) is 10.2. The topological polar surface area (TPSA) is 9.72 Å². The Morgan fingerprint density at radius 3 is 1.78 bits per heavy atom. The molecule has 0 unspecified atom stereocenters. The lowest BCUT2D eigenvalue weighted by molar-refractivity contribution is 1.19. The van der Waals surface area contributed by atoms with Gasteiger partial charge in [-0.25, -0.2) is 10.0 Å². The lowest BCUT2D eigenvalue weighted by atomic mass is 9.33. The Balaban J connectivity index is 1.38. The molecule has 0 spiro atoms. The van der Waals surface area contributed by atoms with Gasteiger partial charge in [0.25, 0.3) is 6.71 Å². The molecule has 6 aromatic rings. The molecule has 1 aliphatic carbocycles. The van der Waals surface area contributed by atoms with Gasteiger partial charge in [0.2, 0.25) is 0 Å². The van der Waals surface area contributed by atoms with Crippen LogP contribution < -0.4 is 31.1 Å². The van der Waals surface area contributed by atoms with E-state index in [1.165, 1.54) is 44.0 Å². The number of hydrogen-bond acceptors (Lipinski definition) is 3. The number of anilines is 8. The van der Waals surface area contributed by atoms with E-state index >= 15 is 0 Å². The summed E-state index contributed by atoms with van der Waals surface area (Å²) in [7, 11) is -0.863. The van der Waals surface area contributed by atoms with Crippen LogP contribution in [0.3, 0.4) is 0 Å². The standard InChI is InChI=1S/C46H40BN3S/c1-51(2,3)39-30-28-37(29-31-39)48(34-18-10-6-11-19-34)38-32-44-46-45(33-38)50(36-22-12-7-13-23-36)43-27-17-15-25-41(43)47(46)40-24-14-16-26-42(40)49(44)35-20-8-4-5-9-21-35/h4,6-33H,5H2,1-3H3. The van der Waals surface area contributed by atoms with E-state index in [0.717, 1.165) is 34.9 Å². The normalized spacial score (nSPS) is 14.6. The minimum Gasteiger partial charge on any atom is -0.311 e. The van der Waals surface area contributed by atoms with Crippen LogP contribution in [0, 0.1) is 0 Å². The third-order valence-corrected chi connectivity index (χ3v) is 11.9. The second-order valence-electron chi connectivity index (χ2n) is 14.1. The van der Waals surface area contributed by atoms with Gasteiger partial charge in [-0.2, -0.15) is 0 Å². The van der Waals surface area contributed by atoms with Crippen LogP contribution in [0.1, 0.15) is 6.42 Å². The molecule has 0 aromatic heterocycles. The summed E-state index contributed by atoms with van der Waals surface area (Å²) in [6.07, 6.45) is 19.2. The van der Waals surface area contributed by atoms with Crippen molar-refractivity contribution in [3.05, 3.63) is 182 Å². The van der Waals surface area contributed by atoms with Crippen molar-refractivity contribution in [1.29, 1.82) is 0 Å². The summed E-state index contributed by atoms with van der Waals surface area (Å²) < 4.78 is 0. The number of allylic oxidation sites excluding steroid dienone is 5. The fourth-order valence-electron chi connectivity index (χ4n) is 7.89. The third kappa shape index (κ3) is 5.40. The fourth-order valence-corrected chi connectivity index (χ4v) is 8.84. The number of fused-ring (bicyclic) bond motifs is 4. The fraction of sp³-hybridized carbons (Fsp3) is 0.0870. The van der Waals surface area contributed by atoms with Gasteiger partial charge in [0.15, 0.2) is 0 Å². The molecule has 2 heterocycles. The largest absolute Gasteiger partial charge is 0.311 e. The van der Waals surface area contributed by atoms with E-state index in [1.807, 2.05) is 0 Å². The minimum absolute atomic E-state index is 0.0813. The van der Waals surface area contributed by atoms with E-state index in [9.17, 15) is 0 Å². The molecule has 3 nitrogen and oxygen atoms in total. The molecule has 51 heavy (non-hydrogen) atoms. The van der Waals surface area contributed by atoms with Crippen LogP contribution in [-0.2, 0) is 0 Å². The first-order valence-electron chi connectivity index (χ1n) is 17.7. The first kappa shape index (κ1) is 31.3. The molecule has 0 saturated heterocycles. The van der Waals surface area contributed by atoms with Crippen LogP contribution in [0.25, 0.3) is 0 Å². The van der Waals surface area contributed by atoms with Crippen molar-refractivity contribution >= 4 is 78.6 Å². The molecule has 2 aliphatic heterocycles. The zero-order valence-corrected chi connectivity index (χ0v) is 30.1. The predicted molar refractivity (Wildman–Crippen MR) is 224 cm³/mol. The van der Waals surface area contributed by atoms with E-state index in [-0.39, 0.29) is 6.71 Å². The average Bonchev–Trinajstić information content (AvgIpc) is 3.45. The molecule has 248 valence electrons. The van der Waals surface area contributed by atoms with E-state index < -0.39 is 10.0 Å². The molecule has 0 saturated carbocycles. The van der Waals surface area contributed by atoms with Crippen molar-refractivity contribution in [3.63, 3.8) is 0 Å². The lowest BCUT2D eigenvalue weighted by Crippen LogP contribution is -2.61. The Morgan fingerprint density at radius 2 is 1.12 bits per heavy atom. The molecule has 0 fully saturated rings. The summed E-state index contributed by atoms with van der Waals surface area (Å²) in [5.41, 5.74) is 14.5. The monoisotopic (exact) mass is 677 g/mol. The highest BCUT2D eigenvalue weighted by molar-refractivity contribution is 8.32. The van der Waals surface area contributed by atoms with Crippen molar-refractivity contribution in [2.24, 2.45) is 0 Å². The summed E-state index contributed by atoms with van der Waals surface area (Å²) in [5.74, 6) is 0. The van der Waals surface area contributed by atoms with Gasteiger partial charge in [-0.15, -0.1) is 0 Å². The molecule has 5 heteroatoms. The number of hydrogen-bond donors (Lipinski definition) is 0. The van der Waals surface area contributed by atoms with Crippen molar-refractivity contribution in [1.82, 2.24) is 0 Å². The van der Waals surface area contributed by atoms with Crippen molar-refractivity contribution in [3.8, 4) is 0 Å². The van der Waals surface area contributed by atoms with Crippen LogP contribution in [0.15, 0.2) is 187 Å². The van der Waals surface area contributed by atoms with Crippen molar-refractivity contribution in [2.45, 2.75) is 11.3 Å². The van der Waals surface area contributed by atoms with Gasteiger partial charge in [0.05, 0.1) is 5.69 Å². The van der Waals surface area contributed by atoms with E-state index in [4.69, 9.17) is 0 Å². The molecule has 0 radical (unpaired) electrons. The molecule has 0 bridgehead atoms. The zero-order chi connectivity index (χ0) is 34.5. The maximum absolute atomic E-state index is 2.49. The van der Waals surface area contributed by atoms with Crippen LogP contribution >= 0.6 is 10.0 Å². The molecule has 0 atom stereocenters. The van der Waals surface area contributed by atoms with Gasteiger partial charge in [-0.05, 0) is 131 Å². The summed E-state index contributed by atoms with van der Waals surface area (Å²) >= 11 is 0. The maximum atomic E-state index is 2.49. The van der Waals surface area contributed by atoms with Crippen molar-refractivity contribution < 1.29 is 0 Å². The highest BCUT2D eigenvalue weighted by atomic mass is 32.3. The maximum Gasteiger partial charge on any atom is 0.252 e. The molecule has 3 aliphatic rings. The molecule has 9 rings (SSSR count). The van der Waals surface area contributed by atoms with Gasteiger partial charge >= 0.3 is 0 Å². The first-order chi connectivity index (χ1) is 25.0. The lowest BCUT2D eigenvalue weighted by Gasteiger charge is -2.45. The summed E-state index contributed by atoms with van der Waals surface area (Å²) in [6, 6.07) is 53.7. The minimum atomic E-state index is -0.863. The van der Waals surface area contributed by atoms with E-state index in [1.54, 1.807) is 0 Å². The Morgan fingerprint density at radius 1 is 0.549 bits per heavy atom. The predicted octanol–water partition coefficient (Wildman–Crippen LogP) is 10.4. The molecular weight excluding hydrogens is 637 g/mol. The second-order valence-corrected chi connectivity index (χ2v) is 18.3. The van der Waals surface area contributed by atoms with Crippen LogP contribution in [0.4, 0.5) is 45.5 Å². The summed E-state index contributed by atoms with van der Waals surface area (Å²) in [4.78, 5) is 8.80. The Labute approximate surface area is 303 Å². The first-order valence-corrected chi connectivity index (χ1v) is 20.5. The Hall–Kier alpha value is -5.65. The molecular formula is C46H40BN3S. The number of nitrogens with zero attached hydrogens (tertiary/aromatic N) is 3. The molecule has 6 aromatic carbocycles. The molecule has 0 amide bonds. The Kier molecular flexibility index (Phi) is 7.74. The smallest absolute Gasteiger partial charge is 0.252 e. The average molecular weight is 678 g/mol. The summed E-state index contributed by atoms with van der Waals surface area (Å²) in [6.45, 7) is 0.0813. The van der Waals surface area contributed by atoms with Gasteiger partial charge < -0.3 is 14.7 Å².